The Morgan fingerprint density at radius 1 is 1.21 bits per heavy atom. The average molecular weight is 403 g/mol. The fraction of sp³-hybridized carbons (Fsp3) is 0.250. The van der Waals surface area contributed by atoms with Crippen molar-refractivity contribution in [3.8, 4) is 11.3 Å². The van der Waals surface area contributed by atoms with Crippen LogP contribution in [0.2, 0.25) is 0 Å². The first-order valence-corrected chi connectivity index (χ1v) is 9.73. The minimum absolute atomic E-state index is 0.0189. The van der Waals surface area contributed by atoms with E-state index in [-0.39, 0.29) is 17.4 Å². The third-order valence-corrected chi connectivity index (χ3v) is 5.23. The van der Waals surface area contributed by atoms with Crippen LogP contribution in [0, 0.1) is 21.7 Å². The lowest BCUT2D eigenvalue weighted by Gasteiger charge is -2.16. The van der Waals surface area contributed by atoms with E-state index >= 15 is 0 Å². The number of non-ortho nitro benzene ring substituents is 1. The molecule has 0 saturated heterocycles. The van der Waals surface area contributed by atoms with Crippen LogP contribution < -0.4 is 4.80 Å². The van der Waals surface area contributed by atoms with Crippen molar-refractivity contribution in [1.29, 1.82) is 0 Å². The molecule has 0 bridgehead atoms. The molecule has 28 heavy (non-hydrogen) atoms. The number of aromatic nitrogens is 1. The van der Waals surface area contributed by atoms with Gasteiger partial charge in [0, 0.05) is 29.6 Å². The van der Waals surface area contributed by atoms with Gasteiger partial charge in [-0.1, -0.05) is 13.3 Å². The predicted molar refractivity (Wildman–Crippen MR) is 106 cm³/mol. The summed E-state index contributed by atoms with van der Waals surface area (Å²) in [5, 5.41) is 12.8. The molecule has 1 heterocycles. The van der Waals surface area contributed by atoms with E-state index in [4.69, 9.17) is 0 Å². The summed E-state index contributed by atoms with van der Waals surface area (Å²) in [6.07, 6.45) is 1.84. The van der Waals surface area contributed by atoms with E-state index in [9.17, 15) is 18.9 Å². The molecule has 0 aliphatic carbocycles. The number of nitro benzene ring substituents is 1. The van der Waals surface area contributed by atoms with E-state index in [0.717, 1.165) is 30.2 Å². The molecule has 0 amide bonds. The van der Waals surface area contributed by atoms with Crippen LogP contribution >= 0.6 is 11.3 Å². The molecule has 8 heteroatoms. The van der Waals surface area contributed by atoms with Crippen molar-refractivity contribution in [2.45, 2.75) is 32.7 Å². The maximum atomic E-state index is 14.1. The highest BCUT2D eigenvalue weighted by Gasteiger charge is 2.15. The summed E-state index contributed by atoms with van der Waals surface area (Å²) in [6.45, 7) is 4.12. The van der Waals surface area contributed by atoms with Crippen molar-refractivity contribution >= 4 is 22.7 Å². The normalized spacial score (nSPS) is 12.9. The molecule has 0 N–H and O–H groups in total. The van der Waals surface area contributed by atoms with Crippen molar-refractivity contribution < 1.29 is 13.7 Å². The Balaban J connectivity index is 2.14. The van der Waals surface area contributed by atoms with Gasteiger partial charge in [0.05, 0.1) is 10.6 Å². The second-order valence-corrected chi connectivity index (χ2v) is 7.26. The Hall–Kier alpha value is -2.87. The molecule has 1 aromatic heterocycles. The summed E-state index contributed by atoms with van der Waals surface area (Å²) in [7, 11) is 0. The summed E-state index contributed by atoms with van der Waals surface area (Å²) in [4.78, 5) is 15.4. The lowest BCUT2D eigenvalue weighted by atomic mass is 10.1. The molecule has 0 radical (unpaired) electrons. The lowest BCUT2D eigenvalue weighted by molar-refractivity contribution is -0.384. The Labute approximate surface area is 164 Å². The first-order valence-electron chi connectivity index (χ1n) is 8.85. The smallest absolute Gasteiger partial charge is 0.269 e. The highest BCUT2D eigenvalue weighted by molar-refractivity contribution is 7.07. The van der Waals surface area contributed by atoms with Crippen molar-refractivity contribution in [3.05, 3.63) is 74.4 Å². The van der Waals surface area contributed by atoms with Crippen LogP contribution in [-0.2, 0) is 0 Å². The van der Waals surface area contributed by atoms with Gasteiger partial charge in [0.2, 0.25) is 0 Å². The van der Waals surface area contributed by atoms with Gasteiger partial charge < -0.3 is 4.57 Å². The molecule has 0 saturated carbocycles. The molecule has 0 spiro atoms. The first kappa shape index (κ1) is 19.9. The van der Waals surface area contributed by atoms with Gasteiger partial charge in [-0.05, 0) is 43.2 Å². The third-order valence-electron chi connectivity index (χ3n) is 4.39. The third kappa shape index (κ3) is 4.17. The van der Waals surface area contributed by atoms with Crippen LogP contribution in [0.25, 0.3) is 11.3 Å². The van der Waals surface area contributed by atoms with E-state index in [1.807, 2.05) is 16.9 Å². The number of hydrogen-bond donors (Lipinski definition) is 0. The van der Waals surface area contributed by atoms with Gasteiger partial charge in [-0.15, -0.1) is 11.3 Å². The number of hydrogen-bond acceptors (Lipinski definition) is 4. The highest BCUT2D eigenvalue weighted by atomic mass is 32.1. The van der Waals surface area contributed by atoms with Crippen LogP contribution in [0.1, 0.15) is 32.7 Å². The molecule has 0 aliphatic rings. The second-order valence-electron chi connectivity index (χ2n) is 6.42. The minimum atomic E-state index is -0.722. The van der Waals surface area contributed by atoms with Gasteiger partial charge in [0.25, 0.3) is 5.69 Å². The van der Waals surface area contributed by atoms with Crippen molar-refractivity contribution in [2.75, 3.05) is 0 Å². The van der Waals surface area contributed by atoms with Gasteiger partial charge >= 0.3 is 0 Å². The molecule has 5 nitrogen and oxygen atoms in total. The monoisotopic (exact) mass is 403 g/mol. The molecule has 0 fully saturated rings. The number of nitro groups is 1. The van der Waals surface area contributed by atoms with Crippen LogP contribution in [0.4, 0.5) is 20.2 Å². The summed E-state index contributed by atoms with van der Waals surface area (Å²) in [6, 6.07) is 9.68. The van der Waals surface area contributed by atoms with Crippen LogP contribution in [0.15, 0.2) is 52.8 Å². The molecule has 146 valence electrons. The summed E-state index contributed by atoms with van der Waals surface area (Å²) in [5.74, 6) is -1.37. The van der Waals surface area contributed by atoms with Crippen LogP contribution in [0.3, 0.4) is 0 Å². The SMILES string of the molecule is CCCC(C)n1c(-c2ccc([N+](=O)[O-])cc2)csc1=Nc1ccc(F)cc1F. The van der Waals surface area contributed by atoms with Crippen LogP contribution in [0.5, 0.6) is 0 Å². The summed E-state index contributed by atoms with van der Waals surface area (Å²) >= 11 is 1.35. The second kappa shape index (κ2) is 8.43. The van der Waals surface area contributed by atoms with E-state index in [1.165, 1.54) is 35.6 Å². The number of halogens is 2. The Morgan fingerprint density at radius 2 is 1.93 bits per heavy atom. The molecule has 1 unspecified atom stereocenters. The van der Waals surface area contributed by atoms with Crippen molar-refractivity contribution in [3.63, 3.8) is 0 Å². The molecule has 2 aromatic carbocycles. The lowest BCUT2D eigenvalue weighted by Crippen LogP contribution is -2.20. The fourth-order valence-corrected chi connectivity index (χ4v) is 4.02. The number of thiazole rings is 1. The summed E-state index contributed by atoms with van der Waals surface area (Å²) in [5.41, 5.74) is 1.74. The van der Waals surface area contributed by atoms with E-state index in [0.29, 0.717) is 4.80 Å². The van der Waals surface area contributed by atoms with E-state index in [1.54, 1.807) is 12.1 Å². The predicted octanol–water partition coefficient (Wildman–Crippen LogP) is 6.00. The van der Waals surface area contributed by atoms with Gasteiger partial charge in [-0.25, -0.2) is 13.8 Å². The van der Waals surface area contributed by atoms with E-state index in [2.05, 4.69) is 11.9 Å². The zero-order valence-corrected chi connectivity index (χ0v) is 16.2. The van der Waals surface area contributed by atoms with Crippen LogP contribution in [-0.4, -0.2) is 9.49 Å². The standard InChI is InChI=1S/C20H19F2N3O2S/c1-3-4-13(2)24-19(14-5-8-16(9-6-14)25(26)27)12-28-20(24)23-18-10-7-15(21)11-17(18)22/h5-13H,3-4H2,1-2H3. The summed E-state index contributed by atoms with van der Waals surface area (Å²) < 4.78 is 29.2. The maximum absolute atomic E-state index is 14.1. The first-order chi connectivity index (χ1) is 13.4. The minimum Gasteiger partial charge on any atom is -0.314 e. The van der Waals surface area contributed by atoms with Gasteiger partial charge in [0.1, 0.15) is 11.5 Å². The average Bonchev–Trinajstić information content (AvgIpc) is 3.08. The molecule has 3 rings (SSSR count). The fourth-order valence-electron chi connectivity index (χ4n) is 3.01. The maximum Gasteiger partial charge on any atom is 0.269 e. The number of rotatable bonds is 6. The zero-order chi connectivity index (χ0) is 20.3. The van der Waals surface area contributed by atoms with Crippen molar-refractivity contribution in [2.24, 2.45) is 4.99 Å². The topological polar surface area (TPSA) is 60.4 Å². The van der Waals surface area contributed by atoms with Gasteiger partial charge in [0.15, 0.2) is 10.6 Å². The van der Waals surface area contributed by atoms with Gasteiger partial charge in [-0.3, -0.25) is 10.1 Å². The molecule has 1 atom stereocenters. The number of nitrogens with zero attached hydrogens (tertiary/aromatic N) is 3. The van der Waals surface area contributed by atoms with Gasteiger partial charge in [-0.2, -0.15) is 0 Å². The Morgan fingerprint density at radius 3 is 2.54 bits per heavy atom. The molecule has 3 aromatic rings. The highest BCUT2D eigenvalue weighted by Crippen LogP contribution is 2.27. The molecule has 0 aliphatic heterocycles. The molecular weight excluding hydrogens is 384 g/mol. The number of benzene rings is 2. The Kier molecular flexibility index (Phi) is 5.99. The Bertz CT molecular complexity index is 1060. The van der Waals surface area contributed by atoms with Crippen molar-refractivity contribution in [1.82, 2.24) is 4.57 Å². The zero-order valence-electron chi connectivity index (χ0n) is 15.4. The largest absolute Gasteiger partial charge is 0.314 e. The molecular formula is C20H19F2N3O2S. The quantitative estimate of drug-likeness (QED) is 0.374. The van der Waals surface area contributed by atoms with E-state index < -0.39 is 16.6 Å².